The van der Waals surface area contributed by atoms with Crippen LogP contribution in [0.2, 0.25) is 5.02 Å². The summed E-state index contributed by atoms with van der Waals surface area (Å²) in [5.41, 5.74) is 4.18. The Labute approximate surface area is 168 Å². The molecule has 0 unspecified atom stereocenters. The molecule has 3 aromatic rings. The number of hydrogen-bond donors (Lipinski definition) is 1. The standard InChI is InChI=1S/C22H21ClN2O3/c1-4-17-21(14(3)16-7-5-6-8-18(16)24-17)22(27)28-12-20(26)25-19-11-15(23)10-9-13(19)2/h5-11H,4,12H2,1-3H3,(H,25,26). The number of carbonyl (C=O) groups excluding carboxylic acids is 2. The Hall–Kier alpha value is -2.92. The molecule has 0 atom stereocenters. The molecule has 0 spiro atoms. The molecule has 0 aliphatic carbocycles. The Morgan fingerprint density at radius 1 is 1.14 bits per heavy atom. The van der Waals surface area contributed by atoms with Crippen LogP contribution in [0.4, 0.5) is 5.69 Å². The molecule has 5 nitrogen and oxygen atoms in total. The molecule has 28 heavy (non-hydrogen) atoms. The molecule has 1 amide bonds. The topological polar surface area (TPSA) is 68.3 Å². The van der Waals surface area contributed by atoms with Gasteiger partial charge in [-0.1, -0.05) is 42.8 Å². The second-order valence-corrected chi connectivity index (χ2v) is 6.95. The van der Waals surface area contributed by atoms with Crippen LogP contribution in [0, 0.1) is 13.8 Å². The molecule has 1 N–H and O–H groups in total. The van der Waals surface area contributed by atoms with E-state index in [1.807, 2.05) is 51.1 Å². The minimum atomic E-state index is -0.550. The summed E-state index contributed by atoms with van der Waals surface area (Å²) >= 11 is 5.96. The zero-order chi connectivity index (χ0) is 20.3. The molecule has 0 fully saturated rings. The maximum absolute atomic E-state index is 12.7. The van der Waals surface area contributed by atoms with Gasteiger partial charge in [0, 0.05) is 16.1 Å². The van der Waals surface area contributed by atoms with Gasteiger partial charge in [0.2, 0.25) is 0 Å². The molecule has 2 aromatic carbocycles. The van der Waals surface area contributed by atoms with E-state index in [9.17, 15) is 9.59 Å². The van der Waals surface area contributed by atoms with Crippen LogP contribution in [0.25, 0.3) is 10.9 Å². The number of ether oxygens (including phenoxy) is 1. The highest BCUT2D eigenvalue weighted by Crippen LogP contribution is 2.24. The number of halogens is 1. The van der Waals surface area contributed by atoms with Crippen LogP contribution in [0.15, 0.2) is 42.5 Å². The summed E-state index contributed by atoms with van der Waals surface area (Å²) in [7, 11) is 0. The zero-order valence-electron chi connectivity index (χ0n) is 16.0. The van der Waals surface area contributed by atoms with Gasteiger partial charge in [0.05, 0.1) is 16.8 Å². The van der Waals surface area contributed by atoms with Crippen molar-refractivity contribution in [2.45, 2.75) is 27.2 Å². The van der Waals surface area contributed by atoms with Crippen LogP contribution in [-0.2, 0) is 16.0 Å². The highest BCUT2D eigenvalue weighted by molar-refractivity contribution is 6.31. The van der Waals surface area contributed by atoms with E-state index < -0.39 is 11.9 Å². The second kappa shape index (κ2) is 8.40. The second-order valence-electron chi connectivity index (χ2n) is 6.51. The van der Waals surface area contributed by atoms with Crippen LogP contribution in [-0.4, -0.2) is 23.5 Å². The van der Waals surface area contributed by atoms with Crippen molar-refractivity contribution in [3.63, 3.8) is 0 Å². The summed E-state index contributed by atoms with van der Waals surface area (Å²) in [6, 6.07) is 12.9. The van der Waals surface area contributed by atoms with E-state index >= 15 is 0 Å². The fraction of sp³-hybridized carbons (Fsp3) is 0.227. The number of aryl methyl sites for hydroxylation is 3. The lowest BCUT2D eigenvalue weighted by molar-refractivity contribution is -0.119. The molecule has 6 heteroatoms. The summed E-state index contributed by atoms with van der Waals surface area (Å²) < 4.78 is 5.28. The number of carbonyl (C=O) groups is 2. The summed E-state index contributed by atoms with van der Waals surface area (Å²) in [6.07, 6.45) is 0.587. The van der Waals surface area contributed by atoms with Gasteiger partial charge in [0.1, 0.15) is 0 Å². The molecule has 0 saturated carbocycles. The van der Waals surface area contributed by atoms with Gasteiger partial charge in [0.15, 0.2) is 6.61 Å². The van der Waals surface area contributed by atoms with Crippen LogP contribution in [0.5, 0.6) is 0 Å². The predicted molar refractivity (Wildman–Crippen MR) is 111 cm³/mol. The number of rotatable bonds is 5. The lowest BCUT2D eigenvalue weighted by Crippen LogP contribution is -2.22. The molecule has 0 saturated heterocycles. The molecule has 3 rings (SSSR count). The Balaban J connectivity index is 1.77. The third kappa shape index (κ3) is 4.15. The van der Waals surface area contributed by atoms with Crippen LogP contribution >= 0.6 is 11.6 Å². The van der Waals surface area contributed by atoms with Gasteiger partial charge in [-0.15, -0.1) is 0 Å². The van der Waals surface area contributed by atoms with Crippen molar-refractivity contribution < 1.29 is 14.3 Å². The van der Waals surface area contributed by atoms with Crippen LogP contribution < -0.4 is 5.32 Å². The van der Waals surface area contributed by atoms with E-state index in [1.54, 1.807) is 12.1 Å². The van der Waals surface area contributed by atoms with Crippen LogP contribution in [0.1, 0.15) is 34.1 Å². The van der Waals surface area contributed by atoms with Crippen molar-refractivity contribution >= 4 is 40.1 Å². The van der Waals surface area contributed by atoms with Gasteiger partial charge in [-0.2, -0.15) is 0 Å². The molecule has 0 aliphatic rings. The molecule has 0 bridgehead atoms. The molecular weight excluding hydrogens is 376 g/mol. The monoisotopic (exact) mass is 396 g/mol. The smallest absolute Gasteiger partial charge is 0.340 e. The molecule has 0 aliphatic heterocycles. The molecule has 0 radical (unpaired) electrons. The highest BCUT2D eigenvalue weighted by atomic mass is 35.5. The minimum Gasteiger partial charge on any atom is -0.452 e. The number of nitrogens with zero attached hydrogens (tertiary/aromatic N) is 1. The molecule has 144 valence electrons. The average Bonchev–Trinajstić information content (AvgIpc) is 2.68. The minimum absolute atomic E-state index is 0.389. The first-order chi connectivity index (χ1) is 13.4. The number of benzene rings is 2. The maximum atomic E-state index is 12.7. The number of pyridine rings is 1. The fourth-order valence-electron chi connectivity index (χ4n) is 3.09. The van der Waals surface area contributed by atoms with Crippen molar-refractivity contribution in [1.29, 1.82) is 0 Å². The number of aromatic nitrogens is 1. The van der Waals surface area contributed by atoms with Crippen molar-refractivity contribution in [3.05, 3.63) is 69.9 Å². The predicted octanol–water partition coefficient (Wildman–Crippen LogP) is 4.86. The molecule has 1 heterocycles. The number of hydrogen-bond acceptors (Lipinski definition) is 4. The number of anilines is 1. The van der Waals surface area contributed by atoms with Crippen molar-refractivity contribution in [2.75, 3.05) is 11.9 Å². The zero-order valence-corrected chi connectivity index (χ0v) is 16.8. The number of nitrogens with one attached hydrogen (secondary N) is 1. The largest absolute Gasteiger partial charge is 0.452 e. The quantitative estimate of drug-likeness (QED) is 0.625. The third-order valence-electron chi connectivity index (χ3n) is 4.57. The van der Waals surface area contributed by atoms with E-state index in [1.165, 1.54) is 0 Å². The molecule has 1 aromatic heterocycles. The van der Waals surface area contributed by atoms with E-state index in [4.69, 9.17) is 16.3 Å². The highest BCUT2D eigenvalue weighted by Gasteiger charge is 2.20. The number of esters is 1. The van der Waals surface area contributed by atoms with Gasteiger partial charge in [-0.25, -0.2) is 4.79 Å². The van der Waals surface area contributed by atoms with Gasteiger partial charge < -0.3 is 10.1 Å². The average molecular weight is 397 g/mol. The van der Waals surface area contributed by atoms with Gasteiger partial charge in [0.25, 0.3) is 5.91 Å². The van der Waals surface area contributed by atoms with Gasteiger partial charge >= 0.3 is 5.97 Å². The fourth-order valence-corrected chi connectivity index (χ4v) is 3.26. The lowest BCUT2D eigenvalue weighted by Gasteiger charge is -2.14. The van der Waals surface area contributed by atoms with Gasteiger partial charge in [-0.05, 0) is 49.6 Å². The van der Waals surface area contributed by atoms with E-state index in [-0.39, 0.29) is 6.61 Å². The summed E-state index contributed by atoms with van der Waals surface area (Å²) in [5.74, 6) is -0.978. The maximum Gasteiger partial charge on any atom is 0.340 e. The van der Waals surface area contributed by atoms with Crippen molar-refractivity contribution in [1.82, 2.24) is 4.98 Å². The van der Waals surface area contributed by atoms with E-state index in [2.05, 4.69) is 10.3 Å². The summed E-state index contributed by atoms with van der Waals surface area (Å²) in [5, 5.41) is 4.13. The van der Waals surface area contributed by atoms with Gasteiger partial charge in [-0.3, -0.25) is 9.78 Å². The number of fused-ring (bicyclic) bond motifs is 1. The third-order valence-corrected chi connectivity index (χ3v) is 4.81. The Bertz CT molecular complexity index is 1060. The number of amides is 1. The lowest BCUT2D eigenvalue weighted by atomic mass is 10.0. The first-order valence-corrected chi connectivity index (χ1v) is 9.39. The number of para-hydroxylation sites is 1. The summed E-state index contributed by atoms with van der Waals surface area (Å²) in [4.78, 5) is 29.5. The van der Waals surface area contributed by atoms with E-state index in [0.29, 0.717) is 28.4 Å². The first kappa shape index (κ1) is 19.8. The first-order valence-electron chi connectivity index (χ1n) is 9.02. The normalized spacial score (nSPS) is 10.7. The van der Waals surface area contributed by atoms with Crippen molar-refractivity contribution in [2.24, 2.45) is 0 Å². The Kier molecular flexibility index (Phi) is 5.95. The SMILES string of the molecule is CCc1nc2ccccc2c(C)c1C(=O)OCC(=O)Nc1cc(Cl)ccc1C. The van der Waals surface area contributed by atoms with E-state index in [0.717, 1.165) is 22.0 Å². The Morgan fingerprint density at radius 2 is 1.89 bits per heavy atom. The summed E-state index contributed by atoms with van der Waals surface area (Å²) in [6.45, 7) is 5.27. The van der Waals surface area contributed by atoms with Crippen LogP contribution in [0.3, 0.4) is 0 Å². The molecular formula is C22H21ClN2O3. The van der Waals surface area contributed by atoms with Crippen molar-refractivity contribution in [3.8, 4) is 0 Å². The Morgan fingerprint density at radius 3 is 2.64 bits per heavy atom.